The molecule has 0 fully saturated rings. The van der Waals surface area contributed by atoms with E-state index in [0.29, 0.717) is 11.4 Å². The number of anilines is 3. The molecule has 0 radical (unpaired) electrons. The third-order valence-electron chi connectivity index (χ3n) is 2.79. The maximum Gasteiger partial charge on any atom is 0.323 e. The van der Waals surface area contributed by atoms with Gasteiger partial charge in [-0.3, -0.25) is 0 Å². The summed E-state index contributed by atoms with van der Waals surface area (Å²) in [5, 5.41) is 5.59. The number of hydrogen-bond donors (Lipinski definition) is 3. The highest BCUT2D eigenvalue weighted by Crippen LogP contribution is 2.16. The Bertz CT molecular complexity index is 581. The first kappa shape index (κ1) is 13.0. The molecule has 2 aromatic carbocycles. The number of nitrogen functional groups attached to an aromatic ring is 1. The molecule has 2 amide bonds. The van der Waals surface area contributed by atoms with Crippen molar-refractivity contribution in [2.75, 3.05) is 16.4 Å². The lowest BCUT2D eigenvalue weighted by molar-refractivity contribution is 0.262. The normalized spacial score (nSPS) is 9.95. The molecule has 19 heavy (non-hydrogen) atoms. The number of rotatable bonds is 3. The molecular weight excluding hydrogens is 238 g/mol. The van der Waals surface area contributed by atoms with Crippen molar-refractivity contribution in [1.82, 2.24) is 0 Å². The molecule has 4 heteroatoms. The number of para-hydroxylation sites is 1. The Labute approximate surface area is 112 Å². The fraction of sp³-hybridized carbons (Fsp3) is 0.133. The van der Waals surface area contributed by atoms with E-state index < -0.39 is 0 Å². The van der Waals surface area contributed by atoms with Crippen LogP contribution in [0, 0.1) is 0 Å². The lowest BCUT2D eigenvalue weighted by atomic mass is 10.1. The van der Waals surface area contributed by atoms with Crippen molar-refractivity contribution in [2.45, 2.75) is 13.3 Å². The van der Waals surface area contributed by atoms with Crippen LogP contribution in [0.3, 0.4) is 0 Å². The zero-order chi connectivity index (χ0) is 13.7. The van der Waals surface area contributed by atoms with E-state index in [1.165, 1.54) is 0 Å². The Kier molecular flexibility index (Phi) is 4.03. The van der Waals surface area contributed by atoms with E-state index >= 15 is 0 Å². The molecule has 0 bridgehead atoms. The number of nitrogens with one attached hydrogen (secondary N) is 2. The summed E-state index contributed by atoms with van der Waals surface area (Å²) in [6, 6.07) is 14.5. The summed E-state index contributed by atoms with van der Waals surface area (Å²) in [6.07, 6.45) is 0.870. The van der Waals surface area contributed by atoms with E-state index in [0.717, 1.165) is 17.7 Å². The van der Waals surface area contributed by atoms with Gasteiger partial charge in [0.15, 0.2) is 0 Å². The predicted octanol–water partition coefficient (Wildman–Crippen LogP) is 3.48. The van der Waals surface area contributed by atoms with E-state index in [1.54, 1.807) is 24.3 Å². The summed E-state index contributed by atoms with van der Waals surface area (Å²) in [5.41, 5.74) is 8.88. The SMILES string of the molecule is CCc1ccccc1NC(=O)Nc1cccc(N)c1. The maximum atomic E-state index is 11.9. The van der Waals surface area contributed by atoms with Gasteiger partial charge < -0.3 is 16.4 Å². The molecule has 0 aliphatic carbocycles. The Morgan fingerprint density at radius 3 is 2.63 bits per heavy atom. The first-order valence-electron chi connectivity index (χ1n) is 6.20. The molecule has 4 N–H and O–H groups in total. The average Bonchev–Trinajstić information content (AvgIpc) is 2.39. The van der Waals surface area contributed by atoms with Crippen LogP contribution in [-0.4, -0.2) is 6.03 Å². The van der Waals surface area contributed by atoms with Gasteiger partial charge in [-0.05, 0) is 36.2 Å². The molecule has 0 aliphatic heterocycles. The summed E-state index contributed by atoms with van der Waals surface area (Å²) < 4.78 is 0. The van der Waals surface area contributed by atoms with Crippen molar-refractivity contribution < 1.29 is 4.79 Å². The molecule has 0 unspecified atom stereocenters. The van der Waals surface area contributed by atoms with Crippen LogP contribution in [0.1, 0.15) is 12.5 Å². The Morgan fingerprint density at radius 1 is 1.11 bits per heavy atom. The second kappa shape index (κ2) is 5.91. The Morgan fingerprint density at radius 2 is 1.89 bits per heavy atom. The van der Waals surface area contributed by atoms with E-state index in [2.05, 4.69) is 17.6 Å². The zero-order valence-electron chi connectivity index (χ0n) is 10.8. The molecule has 0 heterocycles. The minimum Gasteiger partial charge on any atom is -0.399 e. The number of amides is 2. The molecule has 0 aromatic heterocycles. The van der Waals surface area contributed by atoms with Gasteiger partial charge in [-0.15, -0.1) is 0 Å². The first-order chi connectivity index (χ1) is 9.19. The molecular formula is C15H17N3O. The second-order valence-electron chi connectivity index (χ2n) is 4.22. The van der Waals surface area contributed by atoms with E-state index in [4.69, 9.17) is 5.73 Å². The van der Waals surface area contributed by atoms with Gasteiger partial charge in [-0.25, -0.2) is 4.79 Å². The largest absolute Gasteiger partial charge is 0.399 e. The maximum absolute atomic E-state index is 11.9. The number of aryl methyl sites for hydroxylation is 1. The summed E-state index contributed by atoms with van der Waals surface area (Å²) in [4.78, 5) is 11.9. The average molecular weight is 255 g/mol. The first-order valence-corrected chi connectivity index (χ1v) is 6.20. The molecule has 98 valence electrons. The van der Waals surface area contributed by atoms with E-state index in [-0.39, 0.29) is 6.03 Å². The highest BCUT2D eigenvalue weighted by Gasteiger charge is 2.05. The van der Waals surface area contributed by atoms with Gasteiger partial charge in [0.25, 0.3) is 0 Å². The summed E-state index contributed by atoms with van der Waals surface area (Å²) in [5.74, 6) is 0. The summed E-state index contributed by atoms with van der Waals surface area (Å²) >= 11 is 0. The van der Waals surface area contributed by atoms with Gasteiger partial charge >= 0.3 is 6.03 Å². The van der Waals surface area contributed by atoms with Gasteiger partial charge in [0.2, 0.25) is 0 Å². The van der Waals surface area contributed by atoms with Crippen LogP contribution >= 0.6 is 0 Å². The van der Waals surface area contributed by atoms with Gasteiger partial charge in [-0.2, -0.15) is 0 Å². The third-order valence-corrected chi connectivity index (χ3v) is 2.79. The van der Waals surface area contributed by atoms with Crippen LogP contribution in [0.4, 0.5) is 21.9 Å². The van der Waals surface area contributed by atoms with Crippen LogP contribution in [0.25, 0.3) is 0 Å². The number of benzene rings is 2. The molecule has 0 saturated carbocycles. The highest BCUT2D eigenvalue weighted by atomic mass is 16.2. The fourth-order valence-electron chi connectivity index (χ4n) is 1.85. The number of nitrogens with two attached hydrogens (primary N) is 1. The second-order valence-corrected chi connectivity index (χ2v) is 4.22. The Balaban J connectivity index is 2.05. The lowest BCUT2D eigenvalue weighted by Crippen LogP contribution is -2.20. The molecule has 0 spiro atoms. The molecule has 0 saturated heterocycles. The van der Waals surface area contributed by atoms with Crippen LogP contribution in [-0.2, 0) is 6.42 Å². The quantitative estimate of drug-likeness (QED) is 0.735. The van der Waals surface area contributed by atoms with E-state index in [1.807, 2.05) is 24.3 Å². The van der Waals surface area contributed by atoms with Crippen molar-refractivity contribution in [3.63, 3.8) is 0 Å². The smallest absolute Gasteiger partial charge is 0.323 e. The van der Waals surface area contributed by atoms with Gasteiger partial charge in [-0.1, -0.05) is 31.2 Å². The van der Waals surface area contributed by atoms with Gasteiger partial charge in [0.05, 0.1) is 0 Å². The summed E-state index contributed by atoms with van der Waals surface area (Å²) in [7, 11) is 0. The number of hydrogen-bond acceptors (Lipinski definition) is 2. The monoisotopic (exact) mass is 255 g/mol. The Hall–Kier alpha value is -2.49. The summed E-state index contributed by atoms with van der Waals surface area (Å²) in [6.45, 7) is 2.05. The van der Waals surface area contributed by atoms with Crippen molar-refractivity contribution >= 4 is 23.1 Å². The van der Waals surface area contributed by atoms with Crippen LogP contribution in [0.15, 0.2) is 48.5 Å². The molecule has 4 nitrogen and oxygen atoms in total. The van der Waals surface area contributed by atoms with Crippen molar-refractivity contribution in [1.29, 1.82) is 0 Å². The van der Waals surface area contributed by atoms with Gasteiger partial charge in [0, 0.05) is 17.1 Å². The van der Waals surface area contributed by atoms with Crippen molar-refractivity contribution in [2.24, 2.45) is 0 Å². The van der Waals surface area contributed by atoms with Crippen molar-refractivity contribution in [3.8, 4) is 0 Å². The molecule has 2 aromatic rings. The predicted molar refractivity (Wildman–Crippen MR) is 79.3 cm³/mol. The van der Waals surface area contributed by atoms with Crippen LogP contribution in [0.5, 0.6) is 0 Å². The number of carbonyl (C=O) groups is 1. The minimum absolute atomic E-state index is 0.272. The number of urea groups is 1. The topological polar surface area (TPSA) is 67.2 Å². The number of carbonyl (C=O) groups excluding carboxylic acids is 1. The minimum atomic E-state index is -0.272. The molecule has 0 aliphatic rings. The van der Waals surface area contributed by atoms with Crippen LogP contribution in [0.2, 0.25) is 0 Å². The van der Waals surface area contributed by atoms with Crippen molar-refractivity contribution in [3.05, 3.63) is 54.1 Å². The standard InChI is InChI=1S/C15H17N3O/c1-2-11-6-3-4-9-14(11)18-15(19)17-13-8-5-7-12(16)10-13/h3-10H,2,16H2,1H3,(H2,17,18,19). The zero-order valence-corrected chi connectivity index (χ0v) is 10.8. The van der Waals surface area contributed by atoms with Crippen LogP contribution < -0.4 is 16.4 Å². The molecule has 0 atom stereocenters. The fourth-order valence-corrected chi connectivity index (χ4v) is 1.85. The highest BCUT2D eigenvalue weighted by molar-refractivity contribution is 6.00. The van der Waals surface area contributed by atoms with Gasteiger partial charge in [0.1, 0.15) is 0 Å². The van der Waals surface area contributed by atoms with E-state index in [9.17, 15) is 4.79 Å². The molecule has 2 rings (SSSR count). The lowest BCUT2D eigenvalue weighted by Gasteiger charge is -2.11. The third kappa shape index (κ3) is 3.48.